The summed E-state index contributed by atoms with van der Waals surface area (Å²) in [6.07, 6.45) is 0. The fraction of sp³-hybridized carbons (Fsp3) is 0.800. The molecule has 0 aliphatic carbocycles. The highest BCUT2D eigenvalue weighted by molar-refractivity contribution is 5.25. The van der Waals surface area contributed by atoms with Crippen molar-refractivity contribution in [1.82, 2.24) is 15.5 Å². The summed E-state index contributed by atoms with van der Waals surface area (Å²) in [4.78, 5) is 2.02. The van der Waals surface area contributed by atoms with Gasteiger partial charge >= 0.3 is 6.01 Å². The van der Waals surface area contributed by atoms with Gasteiger partial charge in [-0.15, -0.1) is 5.10 Å². The molecule has 6 nitrogen and oxygen atoms in total. The van der Waals surface area contributed by atoms with Gasteiger partial charge in [-0.1, -0.05) is 5.10 Å². The zero-order valence-corrected chi connectivity index (χ0v) is 10.4. The second-order valence-corrected chi connectivity index (χ2v) is 3.60. The van der Waals surface area contributed by atoms with E-state index in [1.54, 1.807) is 7.11 Å². The van der Waals surface area contributed by atoms with Crippen LogP contribution in [0.1, 0.15) is 19.7 Å². The van der Waals surface area contributed by atoms with Crippen molar-refractivity contribution in [2.75, 3.05) is 32.2 Å². The lowest BCUT2D eigenvalue weighted by molar-refractivity contribution is 0.180. The monoisotopic (exact) mass is 228 g/mol. The maximum atomic E-state index is 5.53. The van der Waals surface area contributed by atoms with Crippen LogP contribution in [-0.2, 0) is 11.3 Å². The summed E-state index contributed by atoms with van der Waals surface area (Å²) in [5, 5.41) is 10.9. The molecule has 0 aliphatic heterocycles. The van der Waals surface area contributed by atoms with Gasteiger partial charge in [0.25, 0.3) is 0 Å². The molecule has 0 fully saturated rings. The van der Waals surface area contributed by atoms with E-state index in [9.17, 15) is 0 Å². The van der Waals surface area contributed by atoms with Crippen molar-refractivity contribution in [3.05, 3.63) is 5.89 Å². The van der Waals surface area contributed by atoms with Crippen molar-refractivity contribution in [1.29, 1.82) is 0 Å². The average Bonchev–Trinajstić information content (AvgIpc) is 2.68. The van der Waals surface area contributed by atoms with Crippen LogP contribution >= 0.6 is 0 Å². The maximum absolute atomic E-state index is 5.53. The smallest absolute Gasteiger partial charge is 0.318 e. The van der Waals surface area contributed by atoms with Gasteiger partial charge in [0, 0.05) is 13.7 Å². The molecule has 0 amide bonds. The summed E-state index contributed by atoms with van der Waals surface area (Å²) < 4.78 is 10.6. The Morgan fingerprint density at radius 3 is 2.81 bits per heavy atom. The SMILES string of the molecule is CCN(c1nnc(CNC)o1)C(C)COC. The molecule has 1 unspecified atom stereocenters. The minimum Gasteiger partial charge on any atom is -0.407 e. The van der Waals surface area contributed by atoms with E-state index in [1.807, 2.05) is 18.9 Å². The van der Waals surface area contributed by atoms with Crippen molar-refractivity contribution < 1.29 is 9.15 Å². The molecule has 1 N–H and O–H groups in total. The van der Waals surface area contributed by atoms with Crippen molar-refractivity contribution >= 4 is 6.01 Å². The Labute approximate surface area is 96.0 Å². The molecule has 1 atom stereocenters. The fourth-order valence-electron chi connectivity index (χ4n) is 1.55. The predicted octanol–water partition coefficient (Wildman–Crippen LogP) is 0.650. The van der Waals surface area contributed by atoms with E-state index in [0.29, 0.717) is 25.1 Å². The topological polar surface area (TPSA) is 63.4 Å². The number of methoxy groups -OCH3 is 1. The summed E-state index contributed by atoms with van der Waals surface area (Å²) >= 11 is 0. The van der Waals surface area contributed by atoms with Gasteiger partial charge in [-0.05, 0) is 20.9 Å². The van der Waals surface area contributed by atoms with E-state index in [2.05, 4.69) is 22.4 Å². The Bertz CT molecular complexity index is 303. The van der Waals surface area contributed by atoms with Crippen LogP contribution in [0.5, 0.6) is 0 Å². The minimum absolute atomic E-state index is 0.220. The normalized spacial score (nSPS) is 12.8. The van der Waals surface area contributed by atoms with E-state index in [-0.39, 0.29) is 6.04 Å². The number of aromatic nitrogens is 2. The highest BCUT2D eigenvalue weighted by Gasteiger charge is 2.18. The quantitative estimate of drug-likeness (QED) is 0.739. The summed E-state index contributed by atoms with van der Waals surface area (Å²) in [6.45, 7) is 6.15. The fourth-order valence-corrected chi connectivity index (χ4v) is 1.55. The second kappa shape index (κ2) is 6.44. The van der Waals surface area contributed by atoms with Gasteiger partial charge in [-0.3, -0.25) is 0 Å². The third-order valence-electron chi connectivity index (χ3n) is 2.31. The van der Waals surface area contributed by atoms with Crippen molar-refractivity contribution in [3.63, 3.8) is 0 Å². The molecular weight excluding hydrogens is 208 g/mol. The van der Waals surface area contributed by atoms with E-state index in [0.717, 1.165) is 6.54 Å². The number of hydrogen-bond acceptors (Lipinski definition) is 6. The molecule has 1 heterocycles. The molecule has 0 bridgehead atoms. The Morgan fingerprint density at radius 2 is 2.25 bits per heavy atom. The van der Waals surface area contributed by atoms with E-state index in [4.69, 9.17) is 9.15 Å². The highest BCUT2D eigenvalue weighted by Crippen LogP contribution is 2.15. The van der Waals surface area contributed by atoms with Gasteiger partial charge in [0.15, 0.2) is 0 Å². The first-order valence-corrected chi connectivity index (χ1v) is 5.45. The molecule has 0 radical (unpaired) electrons. The summed E-state index contributed by atoms with van der Waals surface area (Å²) in [6, 6.07) is 0.773. The largest absolute Gasteiger partial charge is 0.407 e. The van der Waals surface area contributed by atoms with Crippen LogP contribution < -0.4 is 10.2 Å². The average molecular weight is 228 g/mol. The standard InChI is InChI=1S/C10H20N4O2/c1-5-14(8(2)7-15-4)10-13-12-9(16-10)6-11-3/h8,11H,5-7H2,1-4H3. The first kappa shape index (κ1) is 12.9. The van der Waals surface area contributed by atoms with Gasteiger partial charge < -0.3 is 19.4 Å². The Balaban J connectivity index is 2.70. The first-order valence-electron chi connectivity index (χ1n) is 5.45. The number of hydrogen-bond donors (Lipinski definition) is 1. The minimum atomic E-state index is 0.220. The van der Waals surface area contributed by atoms with Gasteiger partial charge in [0.2, 0.25) is 5.89 Å². The zero-order chi connectivity index (χ0) is 12.0. The molecular formula is C10H20N4O2. The number of nitrogens with one attached hydrogen (secondary N) is 1. The Morgan fingerprint density at radius 1 is 1.50 bits per heavy atom. The lowest BCUT2D eigenvalue weighted by Crippen LogP contribution is -2.36. The van der Waals surface area contributed by atoms with Crippen LogP contribution in [0, 0.1) is 0 Å². The Hall–Kier alpha value is -1.14. The van der Waals surface area contributed by atoms with Crippen LogP contribution in [0.3, 0.4) is 0 Å². The van der Waals surface area contributed by atoms with Crippen molar-refractivity contribution in [2.45, 2.75) is 26.4 Å². The molecule has 1 aromatic rings. The third-order valence-corrected chi connectivity index (χ3v) is 2.31. The molecule has 0 aromatic carbocycles. The summed E-state index contributed by atoms with van der Waals surface area (Å²) in [5.41, 5.74) is 0. The third kappa shape index (κ3) is 3.18. The number of rotatable bonds is 7. The van der Waals surface area contributed by atoms with E-state index in [1.165, 1.54) is 0 Å². The van der Waals surface area contributed by atoms with Gasteiger partial charge in [0.05, 0.1) is 19.2 Å². The number of anilines is 1. The molecule has 92 valence electrons. The van der Waals surface area contributed by atoms with E-state index >= 15 is 0 Å². The van der Waals surface area contributed by atoms with Gasteiger partial charge in [-0.25, -0.2) is 0 Å². The molecule has 0 spiro atoms. The predicted molar refractivity (Wildman–Crippen MR) is 61.4 cm³/mol. The van der Waals surface area contributed by atoms with Crippen molar-refractivity contribution in [2.24, 2.45) is 0 Å². The number of nitrogens with zero attached hydrogens (tertiary/aromatic N) is 3. The van der Waals surface area contributed by atoms with Gasteiger partial charge in [-0.2, -0.15) is 0 Å². The molecule has 0 saturated heterocycles. The highest BCUT2D eigenvalue weighted by atomic mass is 16.5. The van der Waals surface area contributed by atoms with Crippen LogP contribution in [0.2, 0.25) is 0 Å². The van der Waals surface area contributed by atoms with Crippen LogP contribution in [0.4, 0.5) is 6.01 Å². The lowest BCUT2D eigenvalue weighted by Gasteiger charge is -2.24. The number of likely N-dealkylation sites (N-methyl/N-ethyl adjacent to an activating group) is 1. The summed E-state index contributed by atoms with van der Waals surface area (Å²) in [7, 11) is 3.53. The molecule has 16 heavy (non-hydrogen) atoms. The zero-order valence-electron chi connectivity index (χ0n) is 10.4. The molecule has 1 aromatic heterocycles. The summed E-state index contributed by atoms with van der Waals surface area (Å²) in [5.74, 6) is 0.598. The lowest BCUT2D eigenvalue weighted by atomic mass is 10.3. The molecule has 1 rings (SSSR count). The molecule has 0 aliphatic rings. The first-order chi connectivity index (χ1) is 7.72. The molecule has 0 saturated carbocycles. The van der Waals surface area contributed by atoms with Crippen LogP contribution in [-0.4, -0.2) is 43.5 Å². The van der Waals surface area contributed by atoms with Crippen LogP contribution in [0.25, 0.3) is 0 Å². The van der Waals surface area contributed by atoms with E-state index < -0.39 is 0 Å². The van der Waals surface area contributed by atoms with Crippen LogP contribution in [0.15, 0.2) is 4.42 Å². The second-order valence-electron chi connectivity index (χ2n) is 3.60. The van der Waals surface area contributed by atoms with Crippen molar-refractivity contribution in [3.8, 4) is 0 Å². The number of ether oxygens (including phenoxy) is 1. The van der Waals surface area contributed by atoms with Gasteiger partial charge in [0.1, 0.15) is 0 Å². The Kier molecular flexibility index (Phi) is 5.21. The molecule has 6 heteroatoms. The maximum Gasteiger partial charge on any atom is 0.318 e.